The number of hydrogen-bond acceptors (Lipinski definition) is 3. The predicted molar refractivity (Wildman–Crippen MR) is 99.7 cm³/mol. The molecule has 0 aromatic carbocycles. The van der Waals surface area contributed by atoms with Crippen LogP contribution in [0.4, 0.5) is 0 Å². The highest BCUT2D eigenvalue weighted by Crippen LogP contribution is 2.29. The van der Waals surface area contributed by atoms with Crippen molar-refractivity contribution in [3.05, 3.63) is 11.9 Å². The smallest absolute Gasteiger partial charge is 0.231 e. The number of carbonyl (C=O) groups is 1. The van der Waals surface area contributed by atoms with Gasteiger partial charge in [0.25, 0.3) is 0 Å². The Bertz CT molecular complexity index is 621. The van der Waals surface area contributed by atoms with E-state index in [-0.39, 0.29) is 5.92 Å². The first-order chi connectivity index (χ1) is 12.6. The van der Waals surface area contributed by atoms with Crippen molar-refractivity contribution in [2.45, 2.75) is 64.0 Å². The van der Waals surface area contributed by atoms with Crippen LogP contribution in [0, 0.1) is 17.8 Å². The molecule has 144 valence electrons. The molecule has 1 amide bonds. The Morgan fingerprint density at radius 2 is 2.08 bits per heavy atom. The van der Waals surface area contributed by atoms with E-state index in [2.05, 4.69) is 21.2 Å². The van der Waals surface area contributed by atoms with Crippen LogP contribution in [0.15, 0.2) is 6.20 Å². The molecule has 1 aromatic heterocycles. The quantitative estimate of drug-likeness (QED) is 0.844. The molecule has 3 aliphatic heterocycles. The van der Waals surface area contributed by atoms with E-state index in [4.69, 9.17) is 0 Å². The van der Waals surface area contributed by atoms with Crippen molar-refractivity contribution in [3.8, 4) is 0 Å². The fourth-order valence-electron chi connectivity index (χ4n) is 5.57. The van der Waals surface area contributed by atoms with E-state index in [1.807, 2.05) is 14.1 Å². The van der Waals surface area contributed by atoms with Gasteiger partial charge in [0.1, 0.15) is 6.04 Å². The van der Waals surface area contributed by atoms with Crippen LogP contribution in [0.3, 0.4) is 0 Å². The molecule has 3 saturated heterocycles. The first-order valence-electron chi connectivity index (χ1n) is 10.5. The lowest BCUT2D eigenvalue weighted by Crippen LogP contribution is -3.20. The molecule has 4 atom stereocenters. The van der Waals surface area contributed by atoms with E-state index in [9.17, 15) is 4.79 Å². The summed E-state index contributed by atoms with van der Waals surface area (Å²) in [5.74, 6) is 1.91. The average molecular weight is 361 g/mol. The van der Waals surface area contributed by atoms with Crippen LogP contribution in [0.1, 0.15) is 50.6 Å². The molecule has 4 heterocycles. The summed E-state index contributed by atoms with van der Waals surface area (Å²) in [5, 5.41) is 8.87. The molecule has 1 N–H and O–H groups in total. The number of rotatable bonds is 5. The maximum Gasteiger partial charge on any atom is 0.231 e. The summed E-state index contributed by atoms with van der Waals surface area (Å²) in [5.41, 5.74) is 1.17. The van der Waals surface area contributed by atoms with Crippen LogP contribution in [-0.2, 0) is 17.8 Å². The monoisotopic (exact) mass is 360 g/mol. The molecule has 26 heavy (non-hydrogen) atoms. The summed E-state index contributed by atoms with van der Waals surface area (Å²) in [7, 11) is 3.77. The third kappa shape index (κ3) is 3.80. The van der Waals surface area contributed by atoms with Gasteiger partial charge in [-0.15, -0.1) is 5.10 Å². The van der Waals surface area contributed by atoms with E-state index in [1.165, 1.54) is 50.8 Å². The third-order valence-electron chi connectivity index (χ3n) is 7.03. The summed E-state index contributed by atoms with van der Waals surface area (Å²) in [6, 6.07) is 0.587. The Morgan fingerprint density at radius 1 is 1.27 bits per heavy atom. The van der Waals surface area contributed by atoms with Gasteiger partial charge >= 0.3 is 0 Å². The second-order valence-electron chi connectivity index (χ2n) is 9.07. The molecule has 6 nitrogen and oxygen atoms in total. The fourth-order valence-corrected chi connectivity index (χ4v) is 5.57. The fraction of sp³-hybridized carbons (Fsp3) is 0.850. The van der Waals surface area contributed by atoms with Crippen molar-refractivity contribution in [1.29, 1.82) is 0 Å². The molecule has 1 aliphatic carbocycles. The van der Waals surface area contributed by atoms with Gasteiger partial charge in [0, 0.05) is 33.1 Å². The molecule has 4 fully saturated rings. The zero-order valence-corrected chi connectivity index (χ0v) is 16.4. The van der Waals surface area contributed by atoms with Gasteiger partial charge in [-0.3, -0.25) is 4.79 Å². The molecule has 1 unspecified atom stereocenters. The molecule has 1 saturated carbocycles. The van der Waals surface area contributed by atoms with Gasteiger partial charge in [-0.05, 0) is 18.3 Å². The van der Waals surface area contributed by atoms with Crippen LogP contribution in [0.25, 0.3) is 0 Å². The maximum atomic E-state index is 12.4. The van der Waals surface area contributed by atoms with E-state index >= 15 is 0 Å². The highest BCUT2D eigenvalue weighted by molar-refractivity contribution is 5.78. The average Bonchev–Trinajstić information content (AvgIpc) is 3.09. The number of aromatic nitrogens is 3. The Hall–Kier alpha value is -1.43. The highest BCUT2D eigenvalue weighted by Gasteiger charge is 2.47. The van der Waals surface area contributed by atoms with E-state index < -0.39 is 0 Å². The minimum Gasteiger partial charge on any atom is -0.348 e. The molecule has 1 aromatic rings. The number of piperidine rings is 3. The molecule has 2 bridgehead atoms. The normalized spacial score (nSPS) is 31.9. The Labute approximate surface area is 156 Å². The summed E-state index contributed by atoms with van der Waals surface area (Å²) in [6.07, 6.45) is 12.5. The number of nitrogens with zero attached hydrogens (tertiary/aromatic N) is 4. The molecule has 0 radical (unpaired) electrons. The lowest BCUT2D eigenvalue weighted by Gasteiger charge is -2.46. The van der Waals surface area contributed by atoms with Crippen LogP contribution in [0.2, 0.25) is 0 Å². The standard InChI is InChI=1S/C20H33N5O/c1-23(2)20(26)19-14-24-9-8-16(19)11-18(24)13-25-12-17(21-22-25)10-15-6-4-3-5-7-15/h12,15-16,18-19H,3-11,13-14H2,1-2H3/p+1/t16-,18-,19+/m1/s1. The molecule has 6 heteroatoms. The zero-order chi connectivity index (χ0) is 18.1. The first-order valence-corrected chi connectivity index (χ1v) is 10.5. The number of fused-ring (bicyclic) bond motifs is 3. The van der Waals surface area contributed by atoms with E-state index in [1.54, 1.807) is 9.80 Å². The van der Waals surface area contributed by atoms with Gasteiger partial charge in [-0.25, -0.2) is 4.68 Å². The van der Waals surface area contributed by atoms with Crippen molar-refractivity contribution in [1.82, 2.24) is 19.9 Å². The predicted octanol–water partition coefficient (Wildman–Crippen LogP) is 0.782. The molecular formula is C20H34N5O+. The molecular weight excluding hydrogens is 326 g/mol. The van der Waals surface area contributed by atoms with Gasteiger partial charge in [0.15, 0.2) is 0 Å². The van der Waals surface area contributed by atoms with Crippen molar-refractivity contribution >= 4 is 5.91 Å². The van der Waals surface area contributed by atoms with Crippen LogP contribution < -0.4 is 4.90 Å². The van der Waals surface area contributed by atoms with Crippen LogP contribution >= 0.6 is 0 Å². The van der Waals surface area contributed by atoms with Gasteiger partial charge in [-0.1, -0.05) is 37.3 Å². The van der Waals surface area contributed by atoms with Crippen LogP contribution in [-0.4, -0.2) is 59.0 Å². The number of carbonyl (C=O) groups excluding carboxylic acids is 1. The van der Waals surface area contributed by atoms with Gasteiger partial charge in [0.05, 0.1) is 31.2 Å². The summed E-state index contributed by atoms with van der Waals surface area (Å²) in [4.78, 5) is 15.8. The number of hydrogen-bond donors (Lipinski definition) is 1. The van der Waals surface area contributed by atoms with Crippen molar-refractivity contribution < 1.29 is 9.69 Å². The minimum atomic E-state index is 0.225. The molecule has 4 aliphatic rings. The van der Waals surface area contributed by atoms with Crippen molar-refractivity contribution in [2.24, 2.45) is 17.8 Å². The first kappa shape index (κ1) is 18.0. The lowest BCUT2D eigenvalue weighted by molar-refractivity contribution is -0.945. The summed E-state index contributed by atoms with van der Waals surface area (Å²) >= 11 is 0. The lowest BCUT2D eigenvalue weighted by atomic mass is 9.75. The highest BCUT2D eigenvalue weighted by atomic mass is 16.2. The SMILES string of the molecule is CN(C)C(=O)[C@H]1C[NH+]2CC[C@@H]1C[C@@H]2Cn1cc(CC2CCCCC2)nn1. The van der Waals surface area contributed by atoms with Gasteiger partial charge < -0.3 is 9.80 Å². The summed E-state index contributed by atoms with van der Waals surface area (Å²) < 4.78 is 2.07. The number of nitrogens with one attached hydrogen (secondary N) is 1. The Morgan fingerprint density at radius 3 is 2.77 bits per heavy atom. The number of quaternary nitrogens is 1. The van der Waals surface area contributed by atoms with Gasteiger partial charge in [0.2, 0.25) is 5.91 Å². The molecule has 5 rings (SSSR count). The van der Waals surface area contributed by atoms with E-state index in [0.29, 0.717) is 17.9 Å². The second kappa shape index (κ2) is 7.67. The number of amides is 1. The van der Waals surface area contributed by atoms with Gasteiger partial charge in [-0.2, -0.15) is 0 Å². The molecule has 0 spiro atoms. The largest absolute Gasteiger partial charge is 0.348 e. The van der Waals surface area contributed by atoms with Crippen molar-refractivity contribution in [2.75, 3.05) is 27.2 Å². The second-order valence-corrected chi connectivity index (χ2v) is 9.07. The minimum absolute atomic E-state index is 0.225. The topological polar surface area (TPSA) is 55.5 Å². The third-order valence-corrected chi connectivity index (χ3v) is 7.03. The van der Waals surface area contributed by atoms with Crippen LogP contribution in [0.5, 0.6) is 0 Å². The van der Waals surface area contributed by atoms with Crippen molar-refractivity contribution in [3.63, 3.8) is 0 Å². The Kier molecular flexibility index (Phi) is 5.30. The Balaban J connectivity index is 1.33. The maximum absolute atomic E-state index is 12.4. The summed E-state index contributed by atoms with van der Waals surface area (Å²) in [6.45, 7) is 3.15. The zero-order valence-electron chi connectivity index (χ0n) is 16.4. The van der Waals surface area contributed by atoms with E-state index in [0.717, 1.165) is 31.8 Å².